The third kappa shape index (κ3) is 3.88. The molecule has 0 spiro atoms. The Balaban J connectivity index is 1.93. The second-order valence-electron chi connectivity index (χ2n) is 6.46. The Morgan fingerprint density at radius 3 is 2.61 bits per heavy atom. The average molecular weight is 388 g/mol. The smallest absolute Gasteiger partial charge is 0.340 e. The monoisotopic (exact) mass is 388 g/mol. The quantitative estimate of drug-likeness (QED) is 0.627. The number of benzene rings is 2. The first-order chi connectivity index (χ1) is 13.3. The second kappa shape index (κ2) is 7.80. The number of carboxylic acids is 1. The van der Waals surface area contributed by atoms with Crippen molar-refractivity contribution in [1.82, 2.24) is 0 Å². The summed E-state index contributed by atoms with van der Waals surface area (Å²) in [7, 11) is 0. The van der Waals surface area contributed by atoms with Crippen molar-refractivity contribution < 1.29 is 27.8 Å². The number of fused-ring (bicyclic) bond motifs is 1. The summed E-state index contributed by atoms with van der Waals surface area (Å²) in [5, 5.41) is 9.60. The first-order valence-corrected chi connectivity index (χ1v) is 8.55. The van der Waals surface area contributed by atoms with Gasteiger partial charge in [0.2, 0.25) is 0 Å². The molecule has 1 aromatic heterocycles. The molecular weight excluding hydrogens is 370 g/mol. The standard InChI is InChI=1S/C21H18F2O5/c1-11-15-6-7-17(27-10-13-4-3-5-14(8-13)20(22)23)12(2)19(15)28-21(26)16(11)9-18(24)25/h3-8,20H,9-10H2,1-2H3,(H,24,25). The van der Waals surface area contributed by atoms with Gasteiger partial charge in [-0.15, -0.1) is 0 Å². The summed E-state index contributed by atoms with van der Waals surface area (Å²) in [4.78, 5) is 23.2. The molecule has 0 fully saturated rings. The normalized spacial score (nSPS) is 11.2. The van der Waals surface area contributed by atoms with Gasteiger partial charge in [0.05, 0.1) is 12.0 Å². The van der Waals surface area contributed by atoms with E-state index in [1.54, 1.807) is 38.1 Å². The van der Waals surface area contributed by atoms with Gasteiger partial charge in [0, 0.05) is 16.5 Å². The summed E-state index contributed by atoms with van der Waals surface area (Å²) in [5.74, 6) is -0.666. The SMILES string of the molecule is Cc1c(CC(=O)O)c(=O)oc2c(C)c(OCc3cccc(C(F)F)c3)ccc12. The molecule has 0 amide bonds. The second-order valence-corrected chi connectivity index (χ2v) is 6.46. The van der Waals surface area contributed by atoms with Crippen LogP contribution in [0.15, 0.2) is 45.6 Å². The zero-order valence-corrected chi connectivity index (χ0v) is 15.3. The van der Waals surface area contributed by atoms with Crippen LogP contribution in [-0.4, -0.2) is 11.1 Å². The Labute approximate surface area is 159 Å². The van der Waals surface area contributed by atoms with E-state index in [1.165, 1.54) is 12.1 Å². The maximum atomic E-state index is 12.8. The zero-order valence-electron chi connectivity index (χ0n) is 15.3. The Morgan fingerprint density at radius 1 is 1.18 bits per heavy atom. The molecule has 0 aliphatic heterocycles. The lowest BCUT2D eigenvalue weighted by atomic mass is 10.0. The number of aliphatic carboxylic acids is 1. The number of hydrogen-bond donors (Lipinski definition) is 1. The van der Waals surface area contributed by atoms with E-state index in [-0.39, 0.29) is 17.7 Å². The van der Waals surface area contributed by atoms with Crippen LogP contribution in [0, 0.1) is 13.8 Å². The number of rotatable bonds is 6. The zero-order chi connectivity index (χ0) is 20.4. The molecule has 28 heavy (non-hydrogen) atoms. The van der Waals surface area contributed by atoms with E-state index in [9.17, 15) is 18.4 Å². The Morgan fingerprint density at radius 2 is 1.93 bits per heavy atom. The molecule has 2 aromatic carbocycles. The van der Waals surface area contributed by atoms with Crippen molar-refractivity contribution in [3.63, 3.8) is 0 Å². The predicted molar refractivity (Wildman–Crippen MR) is 99.0 cm³/mol. The molecule has 3 aromatic rings. The molecule has 0 radical (unpaired) electrons. The Kier molecular flexibility index (Phi) is 5.44. The van der Waals surface area contributed by atoms with Gasteiger partial charge in [-0.2, -0.15) is 0 Å². The highest BCUT2D eigenvalue weighted by Gasteiger charge is 2.17. The molecule has 0 bridgehead atoms. The van der Waals surface area contributed by atoms with E-state index in [0.29, 0.717) is 33.4 Å². The minimum absolute atomic E-state index is 0.0766. The van der Waals surface area contributed by atoms with Crippen LogP contribution in [0.25, 0.3) is 11.0 Å². The van der Waals surface area contributed by atoms with E-state index in [2.05, 4.69) is 0 Å². The van der Waals surface area contributed by atoms with Crippen molar-refractivity contribution in [3.05, 3.63) is 74.6 Å². The maximum absolute atomic E-state index is 12.8. The fraction of sp³-hybridized carbons (Fsp3) is 0.238. The van der Waals surface area contributed by atoms with Gasteiger partial charge in [0.25, 0.3) is 6.43 Å². The molecule has 1 N–H and O–H groups in total. The Hall–Kier alpha value is -3.22. The lowest BCUT2D eigenvalue weighted by Crippen LogP contribution is -2.15. The first-order valence-electron chi connectivity index (χ1n) is 8.55. The van der Waals surface area contributed by atoms with Crippen molar-refractivity contribution in [1.29, 1.82) is 0 Å². The van der Waals surface area contributed by atoms with E-state index < -0.39 is 24.4 Å². The van der Waals surface area contributed by atoms with Crippen LogP contribution in [0.5, 0.6) is 5.75 Å². The lowest BCUT2D eigenvalue weighted by Gasteiger charge is -2.13. The molecule has 0 aliphatic carbocycles. The number of halogens is 2. The summed E-state index contributed by atoms with van der Waals surface area (Å²) >= 11 is 0. The topological polar surface area (TPSA) is 76.7 Å². The number of hydrogen-bond acceptors (Lipinski definition) is 4. The lowest BCUT2D eigenvalue weighted by molar-refractivity contribution is -0.136. The molecule has 5 nitrogen and oxygen atoms in total. The predicted octanol–water partition coefficient (Wildman–Crippen LogP) is 4.55. The molecule has 0 unspecified atom stereocenters. The highest BCUT2D eigenvalue weighted by molar-refractivity contribution is 5.86. The highest BCUT2D eigenvalue weighted by atomic mass is 19.3. The van der Waals surface area contributed by atoms with Crippen LogP contribution in [-0.2, 0) is 17.8 Å². The highest BCUT2D eigenvalue weighted by Crippen LogP contribution is 2.30. The molecule has 0 saturated heterocycles. The van der Waals surface area contributed by atoms with Crippen molar-refractivity contribution >= 4 is 16.9 Å². The first kappa shape index (κ1) is 19.5. The fourth-order valence-corrected chi connectivity index (χ4v) is 3.06. The van der Waals surface area contributed by atoms with Crippen molar-refractivity contribution in [2.75, 3.05) is 0 Å². The van der Waals surface area contributed by atoms with Gasteiger partial charge in [-0.05, 0) is 43.2 Å². The Bertz CT molecular complexity index is 1100. The van der Waals surface area contributed by atoms with Gasteiger partial charge in [-0.1, -0.05) is 18.2 Å². The van der Waals surface area contributed by atoms with Crippen LogP contribution < -0.4 is 10.4 Å². The third-order valence-electron chi connectivity index (χ3n) is 4.58. The minimum atomic E-state index is -2.56. The van der Waals surface area contributed by atoms with Crippen molar-refractivity contribution in [2.45, 2.75) is 33.3 Å². The summed E-state index contributed by atoms with van der Waals surface area (Å²) in [5.41, 5.74) is 1.36. The van der Waals surface area contributed by atoms with E-state index >= 15 is 0 Å². The summed E-state index contributed by atoms with van der Waals surface area (Å²) < 4.78 is 36.7. The van der Waals surface area contributed by atoms with Gasteiger partial charge in [0.15, 0.2) is 0 Å². The van der Waals surface area contributed by atoms with Crippen LogP contribution >= 0.6 is 0 Å². The number of carboxylic acid groups (broad SMARTS) is 1. The molecule has 0 saturated carbocycles. The molecule has 3 rings (SSSR count). The largest absolute Gasteiger partial charge is 0.488 e. The summed E-state index contributed by atoms with van der Waals surface area (Å²) in [6, 6.07) is 9.33. The van der Waals surface area contributed by atoms with Gasteiger partial charge in [0.1, 0.15) is 17.9 Å². The molecule has 146 valence electrons. The van der Waals surface area contributed by atoms with E-state index in [1.807, 2.05) is 0 Å². The number of alkyl halides is 2. The minimum Gasteiger partial charge on any atom is -0.488 e. The number of ether oxygens (including phenoxy) is 1. The van der Waals surface area contributed by atoms with Gasteiger partial charge in [-0.25, -0.2) is 13.6 Å². The third-order valence-corrected chi connectivity index (χ3v) is 4.58. The van der Waals surface area contributed by atoms with Crippen LogP contribution in [0.3, 0.4) is 0 Å². The summed E-state index contributed by atoms with van der Waals surface area (Å²) in [6.07, 6.45) is -2.97. The maximum Gasteiger partial charge on any atom is 0.340 e. The van der Waals surface area contributed by atoms with Gasteiger partial charge in [-0.3, -0.25) is 4.79 Å². The molecular formula is C21H18F2O5. The van der Waals surface area contributed by atoms with Crippen molar-refractivity contribution in [3.8, 4) is 5.75 Å². The number of aryl methyl sites for hydroxylation is 2. The molecule has 0 aliphatic rings. The van der Waals surface area contributed by atoms with E-state index in [0.717, 1.165) is 0 Å². The summed E-state index contributed by atoms with van der Waals surface area (Å²) in [6.45, 7) is 3.47. The number of carbonyl (C=O) groups is 1. The van der Waals surface area contributed by atoms with Crippen molar-refractivity contribution in [2.24, 2.45) is 0 Å². The fourth-order valence-electron chi connectivity index (χ4n) is 3.06. The molecule has 7 heteroatoms. The molecule has 0 atom stereocenters. The van der Waals surface area contributed by atoms with E-state index in [4.69, 9.17) is 14.3 Å². The van der Waals surface area contributed by atoms with Crippen LogP contribution in [0.2, 0.25) is 0 Å². The average Bonchev–Trinajstić information content (AvgIpc) is 2.65. The van der Waals surface area contributed by atoms with Gasteiger partial charge < -0.3 is 14.3 Å². The van der Waals surface area contributed by atoms with Gasteiger partial charge >= 0.3 is 11.6 Å². The van der Waals surface area contributed by atoms with Crippen LogP contribution in [0.4, 0.5) is 8.78 Å². The van der Waals surface area contributed by atoms with Crippen LogP contribution in [0.1, 0.15) is 34.2 Å². The molecule has 1 heterocycles.